The molecule has 152 valence electrons. The normalized spacial score (nSPS) is 11.1. The van der Waals surface area contributed by atoms with Crippen LogP contribution >= 0.6 is 0 Å². The number of rotatable bonds is 5. The van der Waals surface area contributed by atoms with Gasteiger partial charge in [-0.05, 0) is 35.9 Å². The predicted molar refractivity (Wildman–Crippen MR) is 115 cm³/mol. The summed E-state index contributed by atoms with van der Waals surface area (Å²) in [6.45, 7) is 0.0791. The number of pyridine rings is 1. The van der Waals surface area contributed by atoms with E-state index in [0.717, 1.165) is 27.1 Å². The van der Waals surface area contributed by atoms with Crippen molar-refractivity contribution in [3.63, 3.8) is 0 Å². The SMILES string of the molecule is O=C(Cn1nnc2ccccc2c1=O)NCc1ccc(-n2cnc3ccccc32)nc1. The summed E-state index contributed by atoms with van der Waals surface area (Å²) in [5, 5.41) is 11.0. The van der Waals surface area contributed by atoms with Crippen LogP contribution in [0.1, 0.15) is 5.56 Å². The van der Waals surface area contributed by atoms with Gasteiger partial charge in [0.25, 0.3) is 5.56 Å². The van der Waals surface area contributed by atoms with Crippen LogP contribution in [0.25, 0.3) is 27.8 Å². The molecule has 1 N–H and O–H groups in total. The summed E-state index contributed by atoms with van der Waals surface area (Å²) in [7, 11) is 0. The number of amides is 1. The van der Waals surface area contributed by atoms with Crippen LogP contribution in [0.5, 0.6) is 0 Å². The highest BCUT2D eigenvalue weighted by Crippen LogP contribution is 2.16. The number of fused-ring (bicyclic) bond motifs is 2. The van der Waals surface area contributed by atoms with Crippen LogP contribution in [0, 0.1) is 0 Å². The smallest absolute Gasteiger partial charge is 0.278 e. The molecule has 0 spiro atoms. The molecule has 2 aromatic carbocycles. The van der Waals surface area contributed by atoms with Crippen molar-refractivity contribution in [2.45, 2.75) is 13.1 Å². The van der Waals surface area contributed by atoms with Crippen LogP contribution in [-0.4, -0.2) is 35.4 Å². The number of hydrogen-bond acceptors (Lipinski definition) is 6. The van der Waals surface area contributed by atoms with Gasteiger partial charge in [0.05, 0.1) is 16.4 Å². The third-order valence-electron chi connectivity index (χ3n) is 4.92. The largest absolute Gasteiger partial charge is 0.350 e. The van der Waals surface area contributed by atoms with E-state index in [1.807, 2.05) is 41.0 Å². The zero-order valence-electron chi connectivity index (χ0n) is 16.3. The Labute approximate surface area is 176 Å². The van der Waals surface area contributed by atoms with Crippen molar-refractivity contribution in [2.24, 2.45) is 0 Å². The minimum absolute atomic E-state index is 0.205. The molecule has 1 amide bonds. The first-order chi connectivity index (χ1) is 15.2. The number of aromatic nitrogens is 6. The number of carbonyl (C=O) groups excluding carboxylic acids is 1. The summed E-state index contributed by atoms with van der Waals surface area (Å²) < 4.78 is 2.96. The topological polar surface area (TPSA) is 108 Å². The van der Waals surface area contributed by atoms with Crippen LogP contribution in [0.2, 0.25) is 0 Å². The Morgan fingerprint density at radius 1 is 0.935 bits per heavy atom. The van der Waals surface area contributed by atoms with Crippen molar-refractivity contribution in [3.8, 4) is 5.82 Å². The average Bonchev–Trinajstić information content (AvgIpc) is 3.24. The molecule has 0 atom stereocenters. The molecule has 0 saturated carbocycles. The highest BCUT2D eigenvalue weighted by atomic mass is 16.2. The Morgan fingerprint density at radius 2 is 1.74 bits per heavy atom. The molecule has 0 aliphatic carbocycles. The van der Waals surface area contributed by atoms with E-state index >= 15 is 0 Å². The molecule has 9 nitrogen and oxygen atoms in total. The van der Waals surface area contributed by atoms with Gasteiger partial charge in [-0.25, -0.2) is 14.6 Å². The van der Waals surface area contributed by atoms with E-state index in [-0.39, 0.29) is 24.6 Å². The monoisotopic (exact) mass is 411 g/mol. The zero-order chi connectivity index (χ0) is 21.2. The maximum Gasteiger partial charge on any atom is 0.278 e. The van der Waals surface area contributed by atoms with Crippen LogP contribution in [0.4, 0.5) is 0 Å². The first kappa shape index (κ1) is 18.6. The molecule has 0 fully saturated rings. The third-order valence-corrected chi connectivity index (χ3v) is 4.92. The van der Waals surface area contributed by atoms with Crippen molar-refractivity contribution in [1.82, 2.24) is 34.8 Å². The Hall–Kier alpha value is -4.40. The number of para-hydroxylation sites is 2. The van der Waals surface area contributed by atoms with Crippen molar-refractivity contribution in [2.75, 3.05) is 0 Å². The van der Waals surface area contributed by atoms with Crippen molar-refractivity contribution in [1.29, 1.82) is 0 Å². The van der Waals surface area contributed by atoms with Gasteiger partial charge < -0.3 is 5.32 Å². The second-order valence-electron chi connectivity index (χ2n) is 6.97. The van der Waals surface area contributed by atoms with Gasteiger partial charge in [0.15, 0.2) is 0 Å². The standard InChI is InChI=1S/C22H17N7O2/c30-21(13-29-22(31)16-5-1-2-6-17(16)26-27-29)24-12-15-9-10-20(23-11-15)28-14-25-18-7-3-4-8-19(18)28/h1-11,14H,12-13H2,(H,24,30). The van der Waals surface area contributed by atoms with Crippen LogP contribution in [0.15, 0.2) is 78.0 Å². The van der Waals surface area contributed by atoms with Crippen molar-refractivity contribution in [3.05, 3.63) is 89.1 Å². The fraction of sp³-hybridized carbons (Fsp3) is 0.0909. The molecule has 0 saturated heterocycles. The summed E-state index contributed by atoms with van der Waals surface area (Å²) >= 11 is 0. The van der Waals surface area contributed by atoms with Gasteiger partial charge in [0.1, 0.15) is 24.2 Å². The lowest BCUT2D eigenvalue weighted by Gasteiger charge is -2.08. The van der Waals surface area contributed by atoms with E-state index in [1.165, 1.54) is 0 Å². The lowest BCUT2D eigenvalue weighted by molar-refractivity contribution is -0.122. The Bertz CT molecular complexity index is 1450. The summed E-state index contributed by atoms with van der Waals surface area (Å²) in [6, 6.07) is 18.5. The molecule has 5 aromatic rings. The van der Waals surface area contributed by atoms with Gasteiger partial charge >= 0.3 is 0 Å². The lowest BCUT2D eigenvalue weighted by atomic mass is 10.2. The zero-order valence-corrected chi connectivity index (χ0v) is 16.3. The first-order valence-electron chi connectivity index (χ1n) is 9.66. The number of benzene rings is 2. The third kappa shape index (κ3) is 3.64. The van der Waals surface area contributed by atoms with Crippen molar-refractivity contribution >= 4 is 27.8 Å². The van der Waals surface area contributed by atoms with Gasteiger partial charge in [0.2, 0.25) is 5.91 Å². The minimum atomic E-state index is -0.348. The van der Waals surface area contributed by atoms with E-state index < -0.39 is 0 Å². The summed E-state index contributed by atoms with van der Waals surface area (Å²) in [6.07, 6.45) is 3.43. The fourth-order valence-electron chi connectivity index (χ4n) is 3.33. The van der Waals surface area contributed by atoms with Gasteiger partial charge in [0, 0.05) is 12.7 Å². The van der Waals surface area contributed by atoms with E-state index in [9.17, 15) is 9.59 Å². The van der Waals surface area contributed by atoms with Crippen LogP contribution in [-0.2, 0) is 17.9 Å². The summed E-state index contributed by atoms with van der Waals surface area (Å²) in [5.74, 6) is 0.401. The van der Waals surface area contributed by atoms with Gasteiger partial charge in [-0.2, -0.15) is 0 Å². The highest BCUT2D eigenvalue weighted by molar-refractivity contribution is 5.78. The van der Waals surface area contributed by atoms with Crippen LogP contribution in [0.3, 0.4) is 0 Å². The molecule has 0 unspecified atom stereocenters. The Kier molecular flexibility index (Phi) is 4.68. The maximum atomic E-state index is 12.4. The molecular formula is C22H17N7O2. The van der Waals surface area contributed by atoms with E-state index in [2.05, 4.69) is 25.6 Å². The Balaban J connectivity index is 1.26. The quantitative estimate of drug-likeness (QED) is 0.473. The number of imidazole rings is 1. The molecule has 5 rings (SSSR count). The van der Waals surface area contributed by atoms with Gasteiger partial charge in [-0.15, -0.1) is 5.10 Å². The number of hydrogen-bond donors (Lipinski definition) is 1. The molecule has 31 heavy (non-hydrogen) atoms. The number of nitrogens with one attached hydrogen (secondary N) is 1. The second-order valence-corrected chi connectivity index (χ2v) is 6.97. The highest BCUT2D eigenvalue weighted by Gasteiger charge is 2.10. The molecule has 3 heterocycles. The van der Waals surface area contributed by atoms with E-state index in [4.69, 9.17) is 0 Å². The molecule has 9 heteroatoms. The molecule has 0 aliphatic heterocycles. The molecular weight excluding hydrogens is 394 g/mol. The summed E-state index contributed by atoms with van der Waals surface area (Å²) in [4.78, 5) is 33.6. The average molecular weight is 411 g/mol. The molecule has 0 radical (unpaired) electrons. The molecule has 0 bridgehead atoms. The first-order valence-corrected chi connectivity index (χ1v) is 9.66. The van der Waals surface area contributed by atoms with Crippen LogP contribution < -0.4 is 10.9 Å². The molecule has 0 aliphatic rings. The lowest BCUT2D eigenvalue weighted by Crippen LogP contribution is -2.34. The molecule has 3 aromatic heterocycles. The van der Waals surface area contributed by atoms with Crippen molar-refractivity contribution < 1.29 is 4.79 Å². The predicted octanol–water partition coefficient (Wildman–Crippen LogP) is 1.84. The maximum absolute atomic E-state index is 12.4. The number of carbonyl (C=O) groups is 1. The van der Waals surface area contributed by atoms with Gasteiger partial charge in [-0.1, -0.05) is 35.5 Å². The minimum Gasteiger partial charge on any atom is -0.350 e. The fourth-order valence-corrected chi connectivity index (χ4v) is 3.33. The van der Waals surface area contributed by atoms with Gasteiger partial charge in [-0.3, -0.25) is 14.2 Å². The Morgan fingerprint density at radius 3 is 2.58 bits per heavy atom. The second kappa shape index (κ2) is 7.79. The van der Waals surface area contributed by atoms with E-state index in [0.29, 0.717) is 10.9 Å². The summed E-state index contributed by atoms with van der Waals surface area (Å²) in [5.41, 5.74) is 2.85. The van der Waals surface area contributed by atoms with E-state index in [1.54, 1.807) is 36.8 Å². The number of nitrogens with zero attached hydrogens (tertiary/aromatic N) is 6.